The van der Waals surface area contributed by atoms with Crippen molar-refractivity contribution in [3.8, 4) is 16.3 Å². The smallest absolute Gasteiger partial charge is 0.276 e. The molecule has 0 atom stereocenters. The third-order valence-corrected chi connectivity index (χ3v) is 5.30. The molecule has 130 valence electrons. The van der Waals surface area contributed by atoms with E-state index in [9.17, 15) is 4.79 Å². The number of nitrogens with one attached hydrogen (secondary N) is 1. The first-order valence-corrected chi connectivity index (χ1v) is 9.63. The van der Waals surface area contributed by atoms with Crippen molar-refractivity contribution in [1.82, 2.24) is 15.2 Å². The molecule has 0 spiro atoms. The predicted octanol–water partition coefficient (Wildman–Crippen LogP) is 4.27. The molecule has 1 N–H and O–H groups in total. The van der Waals surface area contributed by atoms with E-state index in [0.29, 0.717) is 10.8 Å². The lowest BCUT2D eigenvalue weighted by molar-refractivity contribution is 0.102. The molecule has 0 saturated carbocycles. The van der Waals surface area contributed by atoms with Gasteiger partial charge in [0.1, 0.15) is 21.5 Å². The fourth-order valence-electron chi connectivity index (χ4n) is 2.14. The Morgan fingerprint density at radius 1 is 1.24 bits per heavy atom. The van der Waals surface area contributed by atoms with Gasteiger partial charge in [0.15, 0.2) is 0 Å². The van der Waals surface area contributed by atoms with Crippen molar-refractivity contribution >= 4 is 33.7 Å². The Balaban J connectivity index is 1.66. The number of anilines is 1. The molecule has 0 saturated heterocycles. The van der Waals surface area contributed by atoms with Gasteiger partial charge in [-0.2, -0.15) is 0 Å². The minimum absolute atomic E-state index is 0.269. The Morgan fingerprint density at radius 3 is 2.76 bits per heavy atom. The first-order valence-electron chi connectivity index (χ1n) is 7.93. The number of amides is 1. The molecular formula is C17H18N4O2S2. The standard InChI is InChI=1S/C17H18N4O2S2/c1-3-4-5-14-20-21-17(25-14)19-15(22)13-10-24-16(18-13)11-6-8-12(23-2)9-7-11/h6-10H,3-5H2,1-2H3,(H,19,21,22). The highest BCUT2D eigenvalue weighted by Gasteiger charge is 2.14. The molecule has 1 aromatic carbocycles. The molecule has 3 aromatic rings. The van der Waals surface area contributed by atoms with Crippen molar-refractivity contribution in [2.75, 3.05) is 12.4 Å². The van der Waals surface area contributed by atoms with Gasteiger partial charge in [-0.25, -0.2) is 4.98 Å². The second kappa shape index (κ2) is 8.17. The second-order valence-corrected chi connectivity index (χ2v) is 7.25. The highest BCUT2D eigenvalue weighted by Crippen LogP contribution is 2.26. The van der Waals surface area contributed by atoms with Crippen LogP contribution < -0.4 is 10.1 Å². The molecule has 25 heavy (non-hydrogen) atoms. The Kier molecular flexibility index (Phi) is 5.72. The highest BCUT2D eigenvalue weighted by molar-refractivity contribution is 7.15. The summed E-state index contributed by atoms with van der Waals surface area (Å²) in [6, 6.07) is 7.58. The number of aryl methyl sites for hydroxylation is 1. The van der Waals surface area contributed by atoms with Gasteiger partial charge in [0.25, 0.3) is 5.91 Å². The van der Waals surface area contributed by atoms with Crippen molar-refractivity contribution in [2.24, 2.45) is 0 Å². The van der Waals surface area contributed by atoms with Crippen molar-refractivity contribution in [1.29, 1.82) is 0 Å². The minimum Gasteiger partial charge on any atom is -0.497 e. The van der Waals surface area contributed by atoms with Gasteiger partial charge < -0.3 is 4.74 Å². The van der Waals surface area contributed by atoms with Crippen molar-refractivity contribution in [2.45, 2.75) is 26.2 Å². The zero-order valence-electron chi connectivity index (χ0n) is 14.0. The largest absolute Gasteiger partial charge is 0.497 e. The summed E-state index contributed by atoms with van der Waals surface area (Å²) in [5.41, 5.74) is 1.32. The molecule has 1 amide bonds. The fraction of sp³-hybridized carbons (Fsp3) is 0.294. The maximum absolute atomic E-state index is 12.3. The Hall–Kier alpha value is -2.32. The van der Waals surface area contributed by atoms with E-state index in [1.807, 2.05) is 24.3 Å². The molecule has 8 heteroatoms. The van der Waals surface area contributed by atoms with Gasteiger partial charge in [-0.3, -0.25) is 10.1 Å². The molecule has 2 aromatic heterocycles. The van der Waals surface area contributed by atoms with Crippen LogP contribution in [0.3, 0.4) is 0 Å². The summed E-state index contributed by atoms with van der Waals surface area (Å²) in [7, 11) is 1.63. The SMILES string of the molecule is CCCCc1nnc(NC(=O)c2csc(-c3ccc(OC)cc3)n2)s1. The summed E-state index contributed by atoms with van der Waals surface area (Å²) in [6.07, 6.45) is 3.07. The van der Waals surface area contributed by atoms with Crippen LogP contribution in [0.5, 0.6) is 5.75 Å². The quantitative estimate of drug-likeness (QED) is 0.668. The monoisotopic (exact) mass is 374 g/mol. The number of rotatable bonds is 7. The first-order chi connectivity index (χ1) is 12.2. The Labute approximate surface area is 153 Å². The molecule has 3 rings (SSSR count). The van der Waals surface area contributed by atoms with Gasteiger partial charge in [-0.05, 0) is 30.7 Å². The maximum atomic E-state index is 12.3. The van der Waals surface area contributed by atoms with E-state index in [1.165, 1.54) is 22.7 Å². The van der Waals surface area contributed by atoms with Crippen LogP contribution in [0, 0.1) is 0 Å². The van der Waals surface area contributed by atoms with E-state index in [2.05, 4.69) is 27.4 Å². The molecule has 0 aliphatic heterocycles. The van der Waals surface area contributed by atoms with Crippen LogP contribution in [0.15, 0.2) is 29.6 Å². The average molecular weight is 374 g/mol. The number of unbranched alkanes of at least 4 members (excludes halogenated alkanes) is 1. The third kappa shape index (κ3) is 4.40. The van der Waals surface area contributed by atoms with Crippen molar-refractivity contribution in [3.05, 3.63) is 40.3 Å². The first kappa shape index (κ1) is 17.5. The molecule has 0 unspecified atom stereocenters. The predicted molar refractivity (Wildman–Crippen MR) is 101 cm³/mol. The van der Waals surface area contributed by atoms with Gasteiger partial charge in [0.05, 0.1) is 7.11 Å². The Bertz CT molecular complexity index is 842. The zero-order valence-corrected chi connectivity index (χ0v) is 15.6. The maximum Gasteiger partial charge on any atom is 0.276 e. The van der Waals surface area contributed by atoms with E-state index in [4.69, 9.17) is 4.74 Å². The topological polar surface area (TPSA) is 77.0 Å². The number of carbonyl (C=O) groups excluding carboxylic acids is 1. The molecule has 0 aliphatic carbocycles. The molecule has 0 bridgehead atoms. The summed E-state index contributed by atoms with van der Waals surface area (Å²) in [5.74, 6) is 0.516. The van der Waals surface area contributed by atoms with Crippen molar-refractivity contribution < 1.29 is 9.53 Å². The molecule has 0 fully saturated rings. The lowest BCUT2D eigenvalue weighted by Gasteiger charge is -2.00. The zero-order chi connectivity index (χ0) is 17.6. The number of benzene rings is 1. The number of nitrogens with zero attached hydrogens (tertiary/aromatic N) is 3. The molecule has 2 heterocycles. The normalized spacial score (nSPS) is 10.6. The lowest BCUT2D eigenvalue weighted by atomic mass is 10.2. The van der Waals surface area contributed by atoms with Crippen LogP contribution in [-0.4, -0.2) is 28.2 Å². The average Bonchev–Trinajstić information content (AvgIpc) is 3.29. The summed E-state index contributed by atoms with van der Waals surface area (Å²) in [6.45, 7) is 2.13. The number of aromatic nitrogens is 3. The Morgan fingerprint density at radius 2 is 2.04 bits per heavy atom. The minimum atomic E-state index is -0.269. The van der Waals surface area contributed by atoms with Gasteiger partial charge in [0, 0.05) is 17.4 Å². The van der Waals surface area contributed by atoms with Gasteiger partial charge in [-0.1, -0.05) is 24.7 Å². The van der Waals surface area contributed by atoms with Crippen LogP contribution >= 0.6 is 22.7 Å². The highest BCUT2D eigenvalue weighted by atomic mass is 32.1. The van der Waals surface area contributed by atoms with Gasteiger partial charge >= 0.3 is 0 Å². The second-order valence-electron chi connectivity index (χ2n) is 5.33. The molecule has 6 nitrogen and oxygen atoms in total. The molecule has 0 radical (unpaired) electrons. The van der Waals surface area contributed by atoms with E-state index >= 15 is 0 Å². The van der Waals surface area contributed by atoms with E-state index in [0.717, 1.165) is 40.6 Å². The third-order valence-electron chi connectivity index (χ3n) is 3.51. The number of hydrogen-bond donors (Lipinski definition) is 1. The van der Waals surface area contributed by atoms with Crippen LogP contribution in [0.2, 0.25) is 0 Å². The number of ether oxygens (including phenoxy) is 1. The number of carbonyl (C=O) groups is 1. The summed E-state index contributed by atoms with van der Waals surface area (Å²) in [5, 5.41) is 14.9. The molecule has 0 aliphatic rings. The van der Waals surface area contributed by atoms with E-state index in [-0.39, 0.29) is 5.91 Å². The summed E-state index contributed by atoms with van der Waals surface area (Å²) < 4.78 is 5.15. The van der Waals surface area contributed by atoms with Crippen LogP contribution in [0.25, 0.3) is 10.6 Å². The summed E-state index contributed by atoms with van der Waals surface area (Å²) in [4.78, 5) is 16.7. The molecular weight excluding hydrogens is 356 g/mol. The fourth-order valence-corrected chi connectivity index (χ4v) is 3.72. The lowest BCUT2D eigenvalue weighted by Crippen LogP contribution is -2.12. The van der Waals surface area contributed by atoms with E-state index in [1.54, 1.807) is 12.5 Å². The number of thiazole rings is 1. The van der Waals surface area contributed by atoms with Crippen LogP contribution in [0.4, 0.5) is 5.13 Å². The van der Waals surface area contributed by atoms with Gasteiger partial charge in [0.2, 0.25) is 5.13 Å². The van der Waals surface area contributed by atoms with Crippen LogP contribution in [-0.2, 0) is 6.42 Å². The van der Waals surface area contributed by atoms with Crippen LogP contribution in [0.1, 0.15) is 35.3 Å². The number of methoxy groups -OCH3 is 1. The van der Waals surface area contributed by atoms with E-state index < -0.39 is 0 Å². The van der Waals surface area contributed by atoms with Gasteiger partial charge in [-0.15, -0.1) is 21.5 Å². The summed E-state index contributed by atoms with van der Waals surface area (Å²) >= 11 is 2.84. The number of hydrogen-bond acceptors (Lipinski definition) is 7. The van der Waals surface area contributed by atoms with Crippen molar-refractivity contribution in [3.63, 3.8) is 0 Å².